The Morgan fingerprint density at radius 3 is 2.38 bits per heavy atom. The maximum atomic E-state index is 12.5. The molecule has 0 aliphatic heterocycles. The van der Waals surface area contributed by atoms with E-state index in [1.165, 1.54) is 23.9 Å². The van der Waals surface area contributed by atoms with Crippen LogP contribution in [0, 0.1) is 0 Å². The third kappa shape index (κ3) is 4.85. The van der Waals surface area contributed by atoms with E-state index in [4.69, 9.17) is 5.14 Å². The molecule has 7 nitrogen and oxygen atoms in total. The van der Waals surface area contributed by atoms with Crippen LogP contribution in [0.1, 0.15) is 6.92 Å². The number of carbonyl (C=O) groups excluding carboxylic acids is 1. The third-order valence-electron chi connectivity index (χ3n) is 4.94. The Morgan fingerprint density at radius 2 is 1.72 bits per heavy atom. The Labute approximate surface area is 190 Å². The molecular weight excluding hydrogens is 444 g/mol. The van der Waals surface area contributed by atoms with Crippen LogP contribution in [0.15, 0.2) is 82.8 Å². The first-order chi connectivity index (χ1) is 15.3. The van der Waals surface area contributed by atoms with Crippen molar-refractivity contribution in [1.29, 1.82) is 0 Å². The summed E-state index contributed by atoms with van der Waals surface area (Å²) in [6.45, 7) is 2.60. The quantitative estimate of drug-likeness (QED) is 0.399. The summed E-state index contributed by atoms with van der Waals surface area (Å²) in [5, 5.41) is 8.76. The Kier molecular flexibility index (Phi) is 6.31. The zero-order chi connectivity index (χ0) is 22.7. The number of nitrogens with two attached hydrogens (primary N) is 1. The monoisotopic (exact) mass is 466 g/mol. The second-order valence-corrected chi connectivity index (χ2v) is 9.62. The summed E-state index contributed by atoms with van der Waals surface area (Å²) < 4.78 is 25.2. The number of amides is 1. The van der Waals surface area contributed by atoms with Gasteiger partial charge >= 0.3 is 0 Å². The minimum Gasteiger partial charge on any atom is -0.325 e. The molecule has 4 rings (SSSR count). The standard InChI is InChI=1S/C23H22N4O3S2/c1-2-27-21-13-12-19(32(24,29)30)14-20(21)26-23(27)31-15-22(28)25-18-10-8-17(9-11-18)16-6-4-3-5-7-16/h3-14H,2,15H2,1H3,(H,25,28)(H2,24,29,30). The van der Waals surface area contributed by atoms with E-state index in [0.717, 1.165) is 22.3 Å². The molecule has 0 saturated heterocycles. The number of hydrogen-bond donors (Lipinski definition) is 2. The number of fused-ring (bicyclic) bond motifs is 1. The molecule has 0 unspecified atom stereocenters. The fourth-order valence-electron chi connectivity index (χ4n) is 3.38. The summed E-state index contributed by atoms with van der Waals surface area (Å²) in [4.78, 5) is 17.0. The lowest BCUT2D eigenvalue weighted by molar-refractivity contribution is -0.113. The van der Waals surface area contributed by atoms with Crippen molar-refractivity contribution in [1.82, 2.24) is 9.55 Å². The predicted molar refractivity (Wildman–Crippen MR) is 128 cm³/mol. The number of nitrogens with zero attached hydrogens (tertiary/aromatic N) is 2. The number of primary sulfonamides is 1. The van der Waals surface area contributed by atoms with Gasteiger partial charge in [0.2, 0.25) is 15.9 Å². The highest BCUT2D eigenvalue weighted by molar-refractivity contribution is 7.99. The highest BCUT2D eigenvalue weighted by Gasteiger charge is 2.15. The molecule has 0 radical (unpaired) electrons. The smallest absolute Gasteiger partial charge is 0.238 e. The molecule has 1 amide bonds. The Hall–Kier alpha value is -3.14. The van der Waals surface area contributed by atoms with Crippen molar-refractivity contribution < 1.29 is 13.2 Å². The minimum absolute atomic E-state index is 0.0130. The first-order valence-electron chi connectivity index (χ1n) is 9.96. The lowest BCUT2D eigenvalue weighted by atomic mass is 10.1. The largest absolute Gasteiger partial charge is 0.325 e. The van der Waals surface area contributed by atoms with Crippen molar-refractivity contribution in [2.24, 2.45) is 5.14 Å². The average molecular weight is 467 g/mol. The van der Waals surface area contributed by atoms with E-state index < -0.39 is 10.0 Å². The number of aromatic nitrogens is 2. The van der Waals surface area contributed by atoms with Crippen molar-refractivity contribution in [3.63, 3.8) is 0 Å². The average Bonchev–Trinajstić information content (AvgIpc) is 3.15. The fourth-order valence-corrected chi connectivity index (χ4v) is 4.80. The number of aryl methyl sites for hydroxylation is 1. The highest BCUT2D eigenvalue weighted by Crippen LogP contribution is 2.26. The molecule has 0 aliphatic rings. The van der Waals surface area contributed by atoms with E-state index in [-0.39, 0.29) is 16.6 Å². The molecule has 0 saturated carbocycles. The number of carbonyl (C=O) groups is 1. The molecule has 4 aromatic rings. The lowest BCUT2D eigenvalue weighted by Gasteiger charge is -2.08. The van der Waals surface area contributed by atoms with Gasteiger partial charge in [0.15, 0.2) is 5.16 Å². The van der Waals surface area contributed by atoms with Crippen LogP contribution in [0.5, 0.6) is 0 Å². The van der Waals surface area contributed by atoms with E-state index in [1.54, 1.807) is 6.07 Å². The van der Waals surface area contributed by atoms with Crippen molar-refractivity contribution in [3.8, 4) is 11.1 Å². The Bertz CT molecular complexity index is 1370. The second-order valence-electron chi connectivity index (χ2n) is 7.11. The van der Waals surface area contributed by atoms with E-state index in [1.807, 2.05) is 66.1 Å². The maximum Gasteiger partial charge on any atom is 0.238 e. The van der Waals surface area contributed by atoms with Gasteiger partial charge in [0, 0.05) is 12.2 Å². The van der Waals surface area contributed by atoms with Crippen LogP contribution >= 0.6 is 11.8 Å². The number of nitrogens with one attached hydrogen (secondary N) is 1. The molecular formula is C23H22N4O3S2. The van der Waals surface area contributed by atoms with E-state index in [2.05, 4.69) is 10.3 Å². The Morgan fingerprint density at radius 1 is 1.03 bits per heavy atom. The van der Waals surface area contributed by atoms with Gasteiger partial charge in [-0.2, -0.15) is 0 Å². The molecule has 0 fully saturated rings. The first-order valence-corrected chi connectivity index (χ1v) is 12.5. The number of sulfonamides is 1. The molecule has 1 aromatic heterocycles. The zero-order valence-corrected chi connectivity index (χ0v) is 19.0. The summed E-state index contributed by atoms with van der Waals surface area (Å²) in [5.41, 5.74) is 4.23. The van der Waals surface area contributed by atoms with Crippen LogP contribution in [0.3, 0.4) is 0 Å². The normalized spacial score (nSPS) is 11.6. The number of imidazole rings is 1. The van der Waals surface area contributed by atoms with Crippen LogP contribution < -0.4 is 10.5 Å². The fraction of sp³-hybridized carbons (Fsp3) is 0.130. The van der Waals surface area contributed by atoms with Gasteiger partial charge in [-0.1, -0.05) is 54.2 Å². The summed E-state index contributed by atoms with van der Waals surface area (Å²) in [6.07, 6.45) is 0. The molecule has 3 N–H and O–H groups in total. The van der Waals surface area contributed by atoms with Crippen molar-refractivity contribution >= 4 is 44.4 Å². The topological polar surface area (TPSA) is 107 Å². The summed E-state index contributed by atoms with van der Waals surface area (Å²) in [6, 6.07) is 22.3. The predicted octanol–water partition coefficient (Wildman–Crippen LogP) is 4.10. The molecule has 0 spiro atoms. The number of hydrogen-bond acceptors (Lipinski definition) is 5. The molecule has 9 heteroatoms. The van der Waals surface area contributed by atoms with Gasteiger partial charge in [-0.15, -0.1) is 0 Å². The summed E-state index contributed by atoms with van der Waals surface area (Å²) in [7, 11) is -3.81. The van der Waals surface area contributed by atoms with Crippen LogP contribution in [0.25, 0.3) is 22.2 Å². The van der Waals surface area contributed by atoms with E-state index in [0.29, 0.717) is 17.2 Å². The van der Waals surface area contributed by atoms with E-state index in [9.17, 15) is 13.2 Å². The van der Waals surface area contributed by atoms with Crippen LogP contribution in [-0.4, -0.2) is 29.6 Å². The molecule has 32 heavy (non-hydrogen) atoms. The maximum absolute atomic E-state index is 12.5. The highest BCUT2D eigenvalue weighted by atomic mass is 32.2. The number of thioether (sulfide) groups is 1. The number of benzene rings is 3. The third-order valence-corrected chi connectivity index (χ3v) is 6.82. The molecule has 1 heterocycles. The number of anilines is 1. The molecule has 0 bridgehead atoms. The molecule has 164 valence electrons. The summed E-state index contributed by atoms with van der Waals surface area (Å²) >= 11 is 1.30. The van der Waals surface area contributed by atoms with Crippen LogP contribution in [0.4, 0.5) is 5.69 Å². The molecule has 0 aliphatic carbocycles. The van der Waals surface area contributed by atoms with Crippen molar-refractivity contribution in [2.45, 2.75) is 23.5 Å². The number of rotatable bonds is 7. The van der Waals surface area contributed by atoms with Gasteiger partial charge in [-0.3, -0.25) is 4.79 Å². The SMILES string of the molecule is CCn1c(SCC(=O)Nc2ccc(-c3ccccc3)cc2)nc2cc(S(N)(=O)=O)ccc21. The van der Waals surface area contributed by atoms with Crippen LogP contribution in [0.2, 0.25) is 0 Å². The first kappa shape index (κ1) is 22.1. The summed E-state index contributed by atoms with van der Waals surface area (Å²) in [5.74, 6) is 0.0219. The van der Waals surface area contributed by atoms with Crippen molar-refractivity contribution in [2.75, 3.05) is 11.1 Å². The second kappa shape index (κ2) is 9.15. The van der Waals surface area contributed by atoms with Crippen LogP contribution in [-0.2, 0) is 21.4 Å². The molecule has 0 atom stereocenters. The van der Waals surface area contributed by atoms with Gasteiger partial charge in [-0.05, 0) is 48.4 Å². The Balaban J connectivity index is 1.44. The minimum atomic E-state index is -3.81. The molecule has 3 aromatic carbocycles. The lowest BCUT2D eigenvalue weighted by Crippen LogP contribution is -2.14. The van der Waals surface area contributed by atoms with Gasteiger partial charge in [-0.25, -0.2) is 18.5 Å². The van der Waals surface area contributed by atoms with Gasteiger partial charge in [0.1, 0.15) is 0 Å². The zero-order valence-electron chi connectivity index (χ0n) is 17.4. The van der Waals surface area contributed by atoms with Crippen molar-refractivity contribution in [3.05, 3.63) is 72.8 Å². The van der Waals surface area contributed by atoms with E-state index >= 15 is 0 Å². The van der Waals surface area contributed by atoms with Gasteiger partial charge in [0.25, 0.3) is 0 Å². The van der Waals surface area contributed by atoms with Gasteiger partial charge in [0.05, 0.1) is 21.7 Å². The van der Waals surface area contributed by atoms with Gasteiger partial charge < -0.3 is 9.88 Å².